The molecule has 1 atom stereocenters. The summed E-state index contributed by atoms with van der Waals surface area (Å²) in [5.74, 6) is -0.431. The van der Waals surface area contributed by atoms with Gasteiger partial charge >= 0.3 is 0 Å². The van der Waals surface area contributed by atoms with Crippen molar-refractivity contribution in [3.63, 3.8) is 0 Å². The predicted molar refractivity (Wildman–Crippen MR) is 129 cm³/mol. The van der Waals surface area contributed by atoms with Gasteiger partial charge in [0, 0.05) is 17.1 Å². The number of nitrogens with one attached hydrogen (secondary N) is 1. The summed E-state index contributed by atoms with van der Waals surface area (Å²) in [6.07, 6.45) is 0.144. The van der Waals surface area contributed by atoms with Crippen molar-refractivity contribution in [1.82, 2.24) is 10.3 Å². The number of carbonyl (C=O) groups is 2. The van der Waals surface area contributed by atoms with Crippen molar-refractivity contribution in [2.24, 2.45) is 0 Å². The highest BCUT2D eigenvalue weighted by atomic mass is 35.5. The molecular weight excluding hydrogens is 442 g/mol. The molecule has 0 spiro atoms. The van der Waals surface area contributed by atoms with E-state index in [0.29, 0.717) is 17.3 Å². The molecule has 160 valence electrons. The van der Waals surface area contributed by atoms with E-state index in [0.717, 1.165) is 26.4 Å². The van der Waals surface area contributed by atoms with E-state index >= 15 is 0 Å². The van der Waals surface area contributed by atoms with Gasteiger partial charge in [-0.2, -0.15) is 0 Å². The number of nitrogens with zero attached hydrogens (tertiary/aromatic N) is 2. The molecule has 0 radical (unpaired) electrons. The third kappa shape index (κ3) is 4.05. The maximum absolute atomic E-state index is 12.9. The topological polar surface area (TPSA) is 62.3 Å². The average Bonchev–Trinajstić information content (AvgIpc) is 3.33. The van der Waals surface area contributed by atoms with Crippen LogP contribution in [0.5, 0.6) is 0 Å². The van der Waals surface area contributed by atoms with Crippen LogP contribution in [0.15, 0.2) is 66.7 Å². The van der Waals surface area contributed by atoms with Crippen molar-refractivity contribution in [3.05, 3.63) is 82.9 Å². The molecule has 1 aromatic heterocycles. The highest BCUT2D eigenvalue weighted by Crippen LogP contribution is 2.32. The summed E-state index contributed by atoms with van der Waals surface area (Å²) >= 11 is 7.55. The van der Waals surface area contributed by atoms with Crippen molar-refractivity contribution in [2.45, 2.75) is 25.9 Å². The van der Waals surface area contributed by atoms with Gasteiger partial charge in [-0.3, -0.25) is 9.59 Å². The minimum Gasteiger partial charge on any atom is -0.301 e. The Morgan fingerprint density at radius 2 is 1.81 bits per heavy atom. The molecule has 1 aliphatic heterocycles. The van der Waals surface area contributed by atoms with Gasteiger partial charge in [0.25, 0.3) is 5.91 Å². The lowest BCUT2D eigenvalue weighted by Gasteiger charge is -2.16. The quantitative estimate of drug-likeness (QED) is 0.407. The van der Waals surface area contributed by atoms with Crippen LogP contribution in [0.4, 0.5) is 5.69 Å². The van der Waals surface area contributed by atoms with Crippen LogP contribution in [-0.4, -0.2) is 22.8 Å². The molecule has 1 unspecified atom stereocenters. The number of rotatable bonds is 5. The van der Waals surface area contributed by atoms with Crippen molar-refractivity contribution in [2.75, 3.05) is 4.90 Å². The van der Waals surface area contributed by atoms with Gasteiger partial charge in [-0.15, -0.1) is 11.3 Å². The van der Waals surface area contributed by atoms with Gasteiger partial charge in [0.1, 0.15) is 5.01 Å². The molecule has 0 bridgehead atoms. The normalized spacial score (nSPS) is 16.3. The van der Waals surface area contributed by atoms with Crippen LogP contribution >= 0.6 is 22.9 Å². The lowest BCUT2D eigenvalue weighted by Crippen LogP contribution is -2.38. The van der Waals surface area contributed by atoms with Crippen LogP contribution in [0.3, 0.4) is 0 Å². The first-order chi connectivity index (χ1) is 15.5. The van der Waals surface area contributed by atoms with Crippen LogP contribution in [0.25, 0.3) is 20.8 Å². The molecule has 1 N–H and O–H groups in total. The lowest BCUT2D eigenvalue weighted by molar-refractivity contribution is -0.121. The maximum atomic E-state index is 12.9. The summed E-state index contributed by atoms with van der Waals surface area (Å²) in [5, 5.41) is 4.77. The molecule has 7 heteroatoms. The second-order valence-corrected chi connectivity index (χ2v) is 9.34. The Labute approximate surface area is 194 Å². The molecule has 1 saturated heterocycles. The number of hydrogen-bond acceptors (Lipinski definition) is 5. The summed E-state index contributed by atoms with van der Waals surface area (Å²) in [6.45, 7) is 2.56. The molecule has 1 fully saturated rings. The molecule has 5 nitrogen and oxygen atoms in total. The zero-order valence-electron chi connectivity index (χ0n) is 17.3. The van der Waals surface area contributed by atoms with Gasteiger partial charge in [-0.1, -0.05) is 29.8 Å². The number of hydrogen-bond donors (Lipinski definition) is 1. The van der Waals surface area contributed by atoms with Crippen LogP contribution in [0, 0.1) is 6.92 Å². The zero-order valence-corrected chi connectivity index (χ0v) is 18.9. The molecule has 5 rings (SSSR count). The standard InChI is InChI=1S/C25H20ClN3O2S/c1-15-2-11-20-22(12-15)32-24(28-20)17-5-9-19(10-6-17)29-23(30)13-21(25(29)31)27-14-16-3-7-18(26)8-4-16/h2-12,21,27H,13-14H2,1H3. The summed E-state index contributed by atoms with van der Waals surface area (Å²) in [6, 6.07) is 20.5. The first-order valence-electron chi connectivity index (χ1n) is 10.3. The van der Waals surface area contributed by atoms with E-state index in [1.54, 1.807) is 23.5 Å². The molecule has 3 aromatic carbocycles. The number of carbonyl (C=O) groups excluding carboxylic acids is 2. The Morgan fingerprint density at radius 1 is 1.06 bits per heavy atom. The summed E-state index contributed by atoms with van der Waals surface area (Å²) < 4.78 is 1.14. The van der Waals surface area contributed by atoms with E-state index in [9.17, 15) is 9.59 Å². The summed E-state index contributed by atoms with van der Waals surface area (Å²) in [4.78, 5) is 31.5. The number of aryl methyl sites for hydroxylation is 1. The van der Waals surface area contributed by atoms with E-state index in [2.05, 4.69) is 24.4 Å². The van der Waals surface area contributed by atoms with Gasteiger partial charge in [0.05, 0.1) is 28.4 Å². The van der Waals surface area contributed by atoms with Crippen molar-refractivity contribution in [1.29, 1.82) is 0 Å². The minimum absolute atomic E-state index is 0.144. The Kier molecular flexibility index (Phi) is 5.51. The first-order valence-corrected chi connectivity index (χ1v) is 11.5. The predicted octanol–water partition coefficient (Wildman–Crippen LogP) is 5.35. The second kappa shape index (κ2) is 8.47. The minimum atomic E-state index is -0.537. The fourth-order valence-electron chi connectivity index (χ4n) is 3.81. The number of anilines is 1. The third-order valence-electron chi connectivity index (χ3n) is 5.53. The first kappa shape index (κ1) is 20.8. The number of thiazole rings is 1. The van der Waals surface area contributed by atoms with Crippen LogP contribution in [0.2, 0.25) is 5.02 Å². The van der Waals surface area contributed by atoms with E-state index in [4.69, 9.17) is 16.6 Å². The average molecular weight is 462 g/mol. The van der Waals surface area contributed by atoms with Crippen molar-refractivity contribution < 1.29 is 9.59 Å². The summed E-state index contributed by atoms with van der Waals surface area (Å²) in [5.41, 5.74) is 4.72. The Hall–Kier alpha value is -3.06. The van der Waals surface area contributed by atoms with Gasteiger partial charge in [0.2, 0.25) is 5.91 Å². The summed E-state index contributed by atoms with van der Waals surface area (Å²) in [7, 11) is 0. The smallest absolute Gasteiger partial charge is 0.251 e. The molecule has 0 aliphatic carbocycles. The molecule has 2 heterocycles. The number of benzene rings is 3. The fraction of sp³-hybridized carbons (Fsp3) is 0.160. The highest BCUT2D eigenvalue weighted by Gasteiger charge is 2.39. The van der Waals surface area contributed by atoms with Crippen molar-refractivity contribution >= 4 is 50.7 Å². The second-order valence-electron chi connectivity index (χ2n) is 7.87. The highest BCUT2D eigenvalue weighted by molar-refractivity contribution is 7.21. The monoisotopic (exact) mass is 461 g/mol. The van der Waals surface area contributed by atoms with Crippen LogP contribution in [-0.2, 0) is 16.1 Å². The number of amides is 2. The van der Waals surface area contributed by atoms with Crippen LogP contribution < -0.4 is 10.2 Å². The maximum Gasteiger partial charge on any atom is 0.251 e. The van der Waals surface area contributed by atoms with Crippen LogP contribution in [0.1, 0.15) is 17.5 Å². The fourth-order valence-corrected chi connectivity index (χ4v) is 5.01. The molecule has 32 heavy (non-hydrogen) atoms. The lowest BCUT2D eigenvalue weighted by atomic mass is 10.2. The Morgan fingerprint density at radius 3 is 2.56 bits per heavy atom. The Bertz CT molecular complexity index is 1320. The van der Waals surface area contributed by atoms with Gasteiger partial charge in [-0.05, 0) is 66.6 Å². The Balaban J connectivity index is 1.31. The number of aromatic nitrogens is 1. The zero-order chi connectivity index (χ0) is 22.2. The SMILES string of the molecule is Cc1ccc2nc(-c3ccc(N4C(=O)CC(NCc5ccc(Cl)cc5)C4=O)cc3)sc2c1. The van der Waals surface area contributed by atoms with E-state index in [-0.39, 0.29) is 18.2 Å². The largest absolute Gasteiger partial charge is 0.301 e. The van der Waals surface area contributed by atoms with Gasteiger partial charge < -0.3 is 5.32 Å². The number of imide groups is 1. The molecular formula is C25H20ClN3O2S. The molecule has 4 aromatic rings. The van der Waals surface area contributed by atoms with Gasteiger partial charge in [-0.25, -0.2) is 9.88 Å². The molecule has 0 saturated carbocycles. The van der Waals surface area contributed by atoms with E-state index in [1.165, 1.54) is 10.5 Å². The number of halogens is 1. The van der Waals surface area contributed by atoms with Gasteiger partial charge in [0.15, 0.2) is 0 Å². The van der Waals surface area contributed by atoms with Crippen molar-refractivity contribution in [3.8, 4) is 10.6 Å². The van der Waals surface area contributed by atoms with E-state index in [1.807, 2.05) is 42.5 Å². The number of fused-ring (bicyclic) bond motifs is 1. The molecule has 1 aliphatic rings. The molecule has 2 amide bonds. The van der Waals surface area contributed by atoms with E-state index < -0.39 is 6.04 Å². The third-order valence-corrected chi connectivity index (χ3v) is 6.85.